The third-order valence-corrected chi connectivity index (χ3v) is 9.83. The summed E-state index contributed by atoms with van der Waals surface area (Å²) < 4.78 is 6.86. The molecule has 8 nitrogen and oxygen atoms in total. The van der Waals surface area contributed by atoms with E-state index in [0.29, 0.717) is 43.1 Å². The number of anilines is 1. The molecule has 2 bridgehead atoms. The van der Waals surface area contributed by atoms with Gasteiger partial charge in [-0.3, -0.25) is 14.4 Å². The predicted molar refractivity (Wildman–Crippen MR) is 171 cm³/mol. The summed E-state index contributed by atoms with van der Waals surface area (Å²) in [5, 5.41) is 11.2. The lowest BCUT2D eigenvalue weighted by atomic mass is 9.66. The molecular weight excluding hydrogens is 578 g/mol. The first kappa shape index (κ1) is 31.9. The minimum Gasteiger partial charge on any atom is -0.394 e. The number of fused-ring (bicyclic) bond motifs is 1. The minimum absolute atomic E-state index is 0.146. The molecule has 3 amide bonds. The molecule has 3 saturated heterocycles. The van der Waals surface area contributed by atoms with Gasteiger partial charge in [-0.2, -0.15) is 0 Å². The van der Waals surface area contributed by atoms with Crippen molar-refractivity contribution in [3.8, 4) is 0 Å². The normalized spacial score (nSPS) is 27.6. The summed E-state index contributed by atoms with van der Waals surface area (Å²) in [6.45, 7) is 12.2. The SMILES string of the molecule is C=CCN(CCC)C(=O)[C@@H]1[C@H]2C(=O)N([C@@H](CO)Cc3ccccc3)C(C(=O)N(CC=C)c3ccccc3Cl)C23CC[C@@]1(C)O3. The lowest BCUT2D eigenvalue weighted by molar-refractivity contribution is -0.152. The standard InChI is InChI=1S/C35H42ClN3O5/c1-5-19-37(20-6-2)31(41)28-29-32(42)39(25(23-40)22-24-13-9-8-10-14-24)30(35(29)18-17-34(28,4)44-35)33(43)38(21-7-3)27-16-12-11-15-26(27)36/h5,7-16,25,28-30,40H,1,3,6,17-23H2,2,4H3/t25-,28+,29+,30?,34-,35?/m1/s1. The highest BCUT2D eigenvalue weighted by Gasteiger charge is 2.79. The lowest BCUT2D eigenvalue weighted by Crippen LogP contribution is -2.59. The van der Waals surface area contributed by atoms with Crippen LogP contribution in [0.4, 0.5) is 5.69 Å². The molecule has 3 aliphatic rings. The topological polar surface area (TPSA) is 90.4 Å². The van der Waals surface area contributed by atoms with Gasteiger partial charge in [0.2, 0.25) is 11.8 Å². The van der Waals surface area contributed by atoms with Gasteiger partial charge >= 0.3 is 0 Å². The van der Waals surface area contributed by atoms with Crippen LogP contribution in [0.15, 0.2) is 79.9 Å². The average molecular weight is 620 g/mol. The van der Waals surface area contributed by atoms with Crippen molar-refractivity contribution in [2.75, 3.05) is 31.1 Å². The Bertz CT molecular complexity index is 1420. The number of para-hydroxylation sites is 1. The third-order valence-electron chi connectivity index (χ3n) is 9.51. The Morgan fingerprint density at radius 1 is 1.09 bits per heavy atom. The Kier molecular flexibility index (Phi) is 9.35. The van der Waals surface area contributed by atoms with Gasteiger partial charge in [0.15, 0.2) is 0 Å². The fourth-order valence-electron chi connectivity index (χ4n) is 7.72. The zero-order chi connectivity index (χ0) is 31.6. The van der Waals surface area contributed by atoms with Crippen molar-refractivity contribution in [1.29, 1.82) is 0 Å². The number of carbonyl (C=O) groups is 3. The second-order valence-electron chi connectivity index (χ2n) is 12.3. The van der Waals surface area contributed by atoms with Crippen LogP contribution in [-0.2, 0) is 25.5 Å². The van der Waals surface area contributed by atoms with E-state index in [9.17, 15) is 19.5 Å². The zero-order valence-electron chi connectivity index (χ0n) is 25.5. The number of aliphatic hydroxyl groups is 1. The number of likely N-dealkylation sites (tertiary alicyclic amines) is 1. The quantitative estimate of drug-likeness (QED) is 0.330. The number of benzene rings is 2. The molecule has 0 radical (unpaired) electrons. The first-order chi connectivity index (χ1) is 21.2. The number of nitrogens with zero attached hydrogens (tertiary/aromatic N) is 3. The van der Waals surface area contributed by atoms with Gasteiger partial charge in [-0.15, -0.1) is 13.2 Å². The summed E-state index contributed by atoms with van der Waals surface area (Å²) in [4.78, 5) is 48.8. The van der Waals surface area contributed by atoms with E-state index in [4.69, 9.17) is 16.3 Å². The second-order valence-corrected chi connectivity index (χ2v) is 12.7. The van der Waals surface area contributed by atoms with E-state index < -0.39 is 35.1 Å². The summed E-state index contributed by atoms with van der Waals surface area (Å²) in [6.07, 6.45) is 5.34. The van der Waals surface area contributed by atoms with Gasteiger partial charge in [0, 0.05) is 19.6 Å². The molecule has 5 rings (SSSR count). The first-order valence-corrected chi connectivity index (χ1v) is 15.8. The number of aliphatic hydroxyl groups excluding tert-OH is 1. The van der Waals surface area contributed by atoms with E-state index in [-0.39, 0.29) is 30.9 Å². The van der Waals surface area contributed by atoms with Crippen LogP contribution in [0.1, 0.15) is 38.7 Å². The van der Waals surface area contributed by atoms with Crippen LogP contribution in [0.5, 0.6) is 0 Å². The Hall–Kier alpha value is -3.46. The highest BCUT2D eigenvalue weighted by Crippen LogP contribution is 2.64. The molecule has 3 aliphatic heterocycles. The Morgan fingerprint density at radius 3 is 2.41 bits per heavy atom. The van der Waals surface area contributed by atoms with E-state index in [0.717, 1.165) is 12.0 Å². The van der Waals surface area contributed by atoms with Gasteiger partial charge < -0.3 is 24.5 Å². The highest BCUT2D eigenvalue weighted by molar-refractivity contribution is 6.34. The third kappa shape index (κ3) is 5.27. The van der Waals surface area contributed by atoms with Gasteiger partial charge in [0.1, 0.15) is 11.6 Å². The summed E-state index contributed by atoms with van der Waals surface area (Å²) in [5.41, 5.74) is -0.766. The van der Waals surface area contributed by atoms with E-state index in [2.05, 4.69) is 13.2 Å². The Morgan fingerprint density at radius 2 is 1.77 bits per heavy atom. The van der Waals surface area contributed by atoms with Crippen LogP contribution in [0.3, 0.4) is 0 Å². The summed E-state index contributed by atoms with van der Waals surface area (Å²) in [5.74, 6) is -2.55. The van der Waals surface area contributed by atoms with Crippen molar-refractivity contribution in [2.45, 2.75) is 62.8 Å². The van der Waals surface area contributed by atoms with E-state index in [1.165, 1.54) is 9.80 Å². The van der Waals surface area contributed by atoms with Crippen LogP contribution in [0, 0.1) is 11.8 Å². The fourth-order valence-corrected chi connectivity index (χ4v) is 7.96. The molecule has 2 aromatic carbocycles. The molecule has 234 valence electrons. The van der Waals surface area contributed by atoms with E-state index >= 15 is 0 Å². The molecule has 3 fully saturated rings. The zero-order valence-corrected chi connectivity index (χ0v) is 26.3. The fraction of sp³-hybridized carbons (Fsp3) is 0.457. The van der Waals surface area contributed by atoms with E-state index in [1.807, 2.05) is 44.2 Å². The molecule has 1 spiro atoms. The molecule has 1 N–H and O–H groups in total. The van der Waals surface area contributed by atoms with Crippen LogP contribution in [0.25, 0.3) is 0 Å². The molecule has 2 aromatic rings. The Labute approximate surface area is 264 Å². The van der Waals surface area contributed by atoms with Crippen molar-refractivity contribution < 1.29 is 24.2 Å². The summed E-state index contributed by atoms with van der Waals surface area (Å²) in [7, 11) is 0. The number of amides is 3. The molecule has 0 aliphatic carbocycles. The number of carbonyl (C=O) groups excluding carboxylic acids is 3. The molecule has 6 atom stereocenters. The van der Waals surface area contributed by atoms with Gasteiger partial charge in [0.25, 0.3) is 5.91 Å². The average Bonchev–Trinajstić information content (AvgIpc) is 3.59. The van der Waals surface area contributed by atoms with Crippen molar-refractivity contribution in [3.63, 3.8) is 0 Å². The van der Waals surface area contributed by atoms with Crippen LogP contribution >= 0.6 is 11.6 Å². The lowest BCUT2D eigenvalue weighted by Gasteiger charge is -2.39. The monoisotopic (exact) mass is 619 g/mol. The smallest absolute Gasteiger partial charge is 0.253 e. The van der Waals surface area contributed by atoms with Crippen molar-refractivity contribution in [2.24, 2.45) is 11.8 Å². The van der Waals surface area contributed by atoms with Crippen LogP contribution in [0.2, 0.25) is 5.02 Å². The van der Waals surface area contributed by atoms with Crippen molar-refractivity contribution in [1.82, 2.24) is 9.80 Å². The first-order valence-electron chi connectivity index (χ1n) is 15.4. The summed E-state index contributed by atoms with van der Waals surface area (Å²) >= 11 is 6.60. The van der Waals surface area contributed by atoms with Gasteiger partial charge in [-0.05, 0) is 50.3 Å². The van der Waals surface area contributed by atoms with Crippen LogP contribution in [-0.4, -0.2) is 82.2 Å². The largest absolute Gasteiger partial charge is 0.394 e. The Balaban J connectivity index is 1.64. The number of ether oxygens (including phenoxy) is 1. The van der Waals surface area contributed by atoms with Gasteiger partial charge in [-0.1, -0.05) is 73.1 Å². The number of halogens is 1. The predicted octanol–water partition coefficient (Wildman–Crippen LogP) is 4.65. The molecule has 2 unspecified atom stereocenters. The number of hydrogen-bond donors (Lipinski definition) is 1. The highest BCUT2D eigenvalue weighted by atomic mass is 35.5. The number of rotatable bonds is 13. The molecule has 3 heterocycles. The maximum Gasteiger partial charge on any atom is 0.253 e. The number of hydrogen-bond acceptors (Lipinski definition) is 5. The molecular formula is C35H42ClN3O5. The van der Waals surface area contributed by atoms with Crippen molar-refractivity contribution in [3.05, 3.63) is 90.5 Å². The van der Waals surface area contributed by atoms with Gasteiger partial charge in [-0.25, -0.2) is 0 Å². The van der Waals surface area contributed by atoms with E-state index in [1.54, 1.807) is 41.3 Å². The minimum atomic E-state index is -1.25. The maximum atomic E-state index is 14.9. The summed E-state index contributed by atoms with van der Waals surface area (Å²) in [6, 6.07) is 14.8. The maximum absolute atomic E-state index is 14.9. The second kappa shape index (κ2) is 12.9. The molecule has 44 heavy (non-hydrogen) atoms. The van der Waals surface area contributed by atoms with Gasteiger partial charge in [0.05, 0.1) is 40.8 Å². The molecule has 0 saturated carbocycles. The molecule has 9 heteroatoms. The van der Waals surface area contributed by atoms with Crippen molar-refractivity contribution >= 4 is 35.0 Å². The molecule has 0 aromatic heterocycles. The van der Waals surface area contributed by atoms with Crippen LogP contribution < -0.4 is 4.90 Å².